The van der Waals surface area contributed by atoms with Crippen molar-refractivity contribution in [2.45, 2.75) is 33.0 Å². The molecule has 0 radical (unpaired) electrons. The van der Waals surface area contributed by atoms with E-state index in [1.165, 1.54) is 0 Å². The minimum Gasteiger partial charge on any atom is -0.456 e. The highest BCUT2D eigenvalue weighted by Gasteiger charge is 2.25. The lowest BCUT2D eigenvalue weighted by Crippen LogP contribution is -2.50. The molecule has 2 aliphatic rings. The summed E-state index contributed by atoms with van der Waals surface area (Å²) in [6.45, 7) is 10.5. The molecule has 2 amide bonds. The van der Waals surface area contributed by atoms with Crippen LogP contribution in [-0.2, 0) is 9.53 Å². The highest BCUT2D eigenvalue weighted by molar-refractivity contribution is 5.93. The van der Waals surface area contributed by atoms with Crippen molar-refractivity contribution in [2.75, 3.05) is 56.0 Å². The lowest BCUT2D eigenvalue weighted by Gasteiger charge is -2.37. The summed E-state index contributed by atoms with van der Waals surface area (Å²) in [5.41, 5.74) is 1.92. The highest BCUT2D eigenvalue weighted by atomic mass is 16.5. The van der Waals surface area contributed by atoms with Crippen molar-refractivity contribution in [1.82, 2.24) is 9.80 Å². The number of anilines is 2. The number of hydrogen-bond donors (Lipinski definition) is 1. The second-order valence-corrected chi connectivity index (χ2v) is 8.74. The number of rotatable bonds is 5. The van der Waals surface area contributed by atoms with Gasteiger partial charge in [0, 0.05) is 50.6 Å². The van der Waals surface area contributed by atoms with Crippen LogP contribution in [0.15, 0.2) is 40.8 Å². The summed E-state index contributed by atoms with van der Waals surface area (Å²) in [6, 6.07) is 11.5. The largest absolute Gasteiger partial charge is 0.456 e. The van der Waals surface area contributed by atoms with Crippen LogP contribution in [0.3, 0.4) is 0 Å². The Morgan fingerprint density at radius 3 is 2.22 bits per heavy atom. The normalized spacial score (nSPS) is 22.1. The second-order valence-electron chi connectivity index (χ2n) is 8.74. The standard InChI is InChI=1S/C24H32N4O4/c1-17-4-9-22(32-17)24(30)27-12-10-26(11-13-27)16-23(29)25-20-5-7-21(8-6-20)28-14-18(2)31-19(3)15-28/h4-9,18-19H,10-16H2,1-3H3,(H,25,29). The van der Waals surface area contributed by atoms with E-state index in [2.05, 4.69) is 29.0 Å². The van der Waals surface area contributed by atoms with Gasteiger partial charge in [-0.05, 0) is 57.2 Å². The molecule has 2 aliphatic heterocycles. The molecule has 1 N–H and O–H groups in total. The van der Waals surface area contributed by atoms with Gasteiger partial charge >= 0.3 is 0 Å². The Hall–Kier alpha value is -2.84. The van der Waals surface area contributed by atoms with E-state index in [1.54, 1.807) is 17.0 Å². The molecule has 0 spiro atoms. The first-order valence-electron chi connectivity index (χ1n) is 11.3. The summed E-state index contributed by atoms with van der Waals surface area (Å²) in [7, 11) is 0. The molecule has 2 saturated heterocycles. The Bertz CT molecular complexity index is 924. The van der Waals surface area contributed by atoms with Crippen molar-refractivity contribution >= 4 is 23.2 Å². The molecule has 172 valence electrons. The smallest absolute Gasteiger partial charge is 0.289 e. The Morgan fingerprint density at radius 2 is 1.62 bits per heavy atom. The summed E-state index contributed by atoms with van der Waals surface area (Å²) in [5, 5.41) is 2.98. The maximum absolute atomic E-state index is 12.5. The first-order chi connectivity index (χ1) is 15.4. The van der Waals surface area contributed by atoms with E-state index in [1.807, 2.05) is 31.2 Å². The molecule has 3 heterocycles. The van der Waals surface area contributed by atoms with Crippen molar-refractivity contribution in [2.24, 2.45) is 0 Å². The molecular weight excluding hydrogens is 408 g/mol. The predicted octanol–water partition coefficient (Wildman–Crippen LogP) is 2.60. The topological polar surface area (TPSA) is 78.3 Å². The minimum absolute atomic E-state index is 0.0483. The first kappa shape index (κ1) is 22.4. The number of furan rings is 1. The summed E-state index contributed by atoms with van der Waals surface area (Å²) in [4.78, 5) is 31.2. The van der Waals surface area contributed by atoms with Crippen LogP contribution in [-0.4, -0.2) is 79.6 Å². The van der Waals surface area contributed by atoms with Gasteiger partial charge in [0.15, 0.2) is 5.76 Å². The fourth-order valence-electron chi connectivity index (χ4n) is 4.36. The van der Waals surface area contributed by atoms with Gasteiger partial charge in [-0.25, -0.2) is 0 Å². The van der Waals surface area contributed by atoms with Crippen LogP contribution in [0.2, 0.25) is 0 Å². The number of hydrogen-bond acceptors (Lipinski definition) is 6. The van der Waals surface area contributed by atoms with Gasteiger partial charge in [0.05, 0.1) is 18.8 Å². The number of benzene rings is 1. The summed E-state index contributed by atoms with van der Waals surface area (Å²) >= 11 is 0. The van der Waals surface area contributed by atoms with Gasteiger partial charge in [-0.1, -0.05) is 0 Å². The average Bonchev–Trinajstić information content (AvgIpc) is 3.20. The van der Waals surface area contributed by atoms with E-state index < -0.39 is 0 Å². The van der Waals surface area contributed by atoms with Crippen molar-refractivity contribution < 1.29 is 18.7 Å². The summed E-state index contributed by atoms with van der Waals surface area (Å²) in [5.74, 6) is 0.961. The molecular formula is C24H32N4O4. The van der Waals surface area contributed by atoms with Gasteiger partial charge < -0.3 is 24.3 Å². The van der Waals surface area contributed by atoms with E-state index in [-0.39, 0.29) is 24.0 Å². The number of nitrogens with one attached hydrogen (secondary N) is 1. The third kappa shape index (κ3) is 5.49. The number of amides is 2. The van der Waals surface area contributed by atoms with Crippen molar-refractivity contribution in [3.63, 3.8) is 0 Å². The Labute approximate surface area is 189 Å². The van der Waals surface area contributed by atoms with E-state index in [9.17, 15) is 9.59 Å². The maximum Gasteiger partial charge on any atom is 0.289 e. The minimum atomic E-state index is -0.0913. The molecule has 1 aromatic carbocycles. The third-order valence-corrected chi connectivity index (χ3v) is 5.91. The van der Waals surface area contributed by atoms with Crippen molar-refractivity contribution in [3.05, 3.63) is 47.9 Å². The summed E-state index contributed by atoms with van der Waals surface area (Å²) in [6.07, 6.45) is 0.411. The molecule has 2 unspecified atom stereocenters. The molecule has 32 heavy (non-hydrogen) atoms. The highest BCUT2D eigenvalue weighted by Crippen LogP contribution is 2.22. The van der Waals surface area contributed by atoms with E-state index in [0.29, 0.717) is 38.5 Å². The molecule has 2 fully saturated rings. The average molecular weight is 441 g/mol. The molecule has 4 rings (SSSR count). The van der Waals surface area contributed by atoms with Crippen molar-refractivity contribution in [1.29, 1.82) is 0 Å². The lowest BCUT2D eigenvalue weighted by atomic mass is 10.2. The molecule has 8 nitrogen and oxygen atoms in total. The number of piperazine rings is 1. The monoisotopic (exact) mass is 440 g/mol. The van der Waals surface area contributed by atoms with Gasteiger partial charge in [0.25, 0.3) is 5.91 Å². The van der Waals surface area contributed by atoms with Gasteiger partial charge in [-0.2, -0.15) is 0 Å². The maximum atomic E-state index is 12.5. The quantitative estimate of drug-likeness (QED) is 0.770. The molecule has 2 aromatic rings. The predicted molar refractivity (Wildman–Crippen MR) is 123 cm³/mol. The Balaban J connectivity index is 1.23. The van der Waals surface area contributed by atoms with Gasteiger partial charge in [-0.3, -0.25) is 14.5 Å². The zero-order valence-electron chi connectivity index (χ0n) is 19.0. The van der Waals surface area contributed by atoms with Crippen LogP contribution >= 0.6 is 0 Å². The zero-order chi connectivity index (χ0) is 22.7. The van der Waals surface area contributed by atoms with E-state index >= 15 is 0 Å². The molecule has 1 aromatic heterocycles. The lowest BCUT2D eigenvalue weighted by molar-refractivity contribution is -0.117. The summed E-state index contributed by atoms with van der Waals surface area (Å²) < 4.78 is 11.2. The zero-order valence-corrected chi connectivity index (χ0v) is 19.0. The third-order valence-electron chi connectivity index (χ3n) is 5.91. The fraction of sp³-hybridized carbons (Fsp3) is 0.500. The van der Waals surface area contributed by atoms with E-state index in [4.69, 9.17) is 9.15 Å². The Kier molecular flexibility index (Phi) is 6.81. The first-order valence-corrected chi connectivity index (χ1v) is 11.3. The number of nitrogens with zero attached hydrogens (tertiary/aromatic N) is 3. The van der Waals surface area contributed by atoms with Gasteiger partial charge in [-0.15, -0.1) is 0 Å². The molecule has 0 aliphatic carbocycles. The molecule has 0 saturated carbocycles. The van der Waals surface area contributed by atoms with Crippen LogP contribution in [0, 0.1) is 6.92 Å². The molecule has 8 heteroatoms. The van der Waals surface area contributed by atoms with Crippen LogP contribution in [0.5, 0.6) is 0 Å². The van der Waals surface area contributed by atoms with Crippen LogP contribution < -0.4 is 10.2 Å². The van der Waals surface area contributed by atoms with Gasteiger partial charge in [0.1, 0.15) is 5.76 Å². The Morgan fingerprint density at radius 1 is 0.969 bits per heavy atom. The number of carbonyl (C=O) groups excluding carboxylic acids is 2. The van der Waals surface area contributed by atoms with E-state index in [0.717, 1.165) is 30.2 Å². The fourth-order valence-corrected chi connectivity index (χ4v) is 4.36. The molecule has 2 atom stereocenters. The number of carbonyl (C=O) groups is 2. The molecule has 0 bridgehead atoms. The van der Waals surface area contributed by atoms with Crippen LogP contribution in [0.4, 0.5) is 11.4 Å². The van der Waals surface area contributed by atoms with Crippen LogP contribution in [0.1, 0.15) is 30.2 Å². The van der Waals surface area contributed by atoms with Crippen molar-refractivity contribution in [3.8, 4) is 0 Å². The number of ether oxygens (including phenoxy) is 1. The number of morpholine rings is 1. The number of aryl methyl sites for hydroxylation is 1. The van der Waals surface area contributed by atoms with Crippen LogP contribution in [0.25, 0.3) is 0 Å². The SMILES string of the molecule is Cc1ccc(C(=O)N2CCN(CC(=O)Nc3ccc(N4CC(C)OC(C)C4)cc3)CC2)o1. The van der Waals surface area contributed by atoms with Gasteiger partial charge in [0.2, 0.25) is 5.91 Å². The second kappa shape index (κ2) is 9.75.